The van der Waals surface area contributed by atoms with Gasteiger partial charge in [-0.2, -0.15) is 0 Å². The molecule has 0 aliphatic heterocycles. The van der Waals surface area contributed by atoms with Crippen LogP contribution in [-0.2, 0) is 0 Å². The summed E-state index contributed by atoms with van der Waals surface area (Å²) in [6.07, 6.45) is 0. The molecule has 5 heteroatoms. The van der Waals surface area contributed by atoms with Crippen molar-refractivity contribution in [2.24, 2.45) is 0 Å². The van der Waals surface area contributed by atoms with Gasteiger partial charge in [0.15, 0.2) is 0 Å². The van der Waals surface area contributed by atoms with Crippen molar-refractivity contribution < 1.29 is 0 Å². The third kappa shape index (κ3) is 1.80. The molecule has 0 spiro atoms. The van der Waals surface area contributed by atoms with Crippen molar-refractivity contribution in [1.82, 2.24) is 4.37 Å². The number of hydrogen-bond acceptors (Lipinski definition) is 3. The van der Waals surface area contributed by atoms with E-state index in [9.17, 15) is 0 Å². The maximum absolute atomic E-state index is 7.02. The van der Waals surface area contributed by atoms with Crippen LogP contribution in [0, 0.1) is 6.57 Å². The molecule has 2 aromatic rings. The van der Waals surface area contributed by atoms with E-state index in [4.69, 9.17) is 23.9 Å². The lowest BCUT2D eigenvalue weighted by molar-refractivity contribution is 1.53. The topological polar surface area (TPSA) is 43.3 Å². The van der Waals surface area contributed by atoms with E-state index >= 15 is 0 Å². The Balaban J connectivity index is 2.55. The molecule has 1 heterocycles. The van der Waals surface area contributed by atoms with Crippen molar-refractivity contribution >= 4 is 33.8 Å². The van der Waals surface area contributed by atoms with E-state index in [2.05, 4.69) is 9.22 Å². The molecule has 15 heavy (non-hydrogen) atoms. The van der Waals surface area contributed by atoms with Crippen LogP contribution < -0.4 is 5.73 Å². The minimum Gasteiger partial charge on any atom is -0.398 e. The lowest BCUT2D eigenvalue weighted by atomic mass is 10.1. The Morgan fingerprint density at radius 3 is 2.60 bits per heavy atom. The monoisotopic (exact) mass is 235 g/mol. The first-order valence-corrected chi connectivity index (χ1v) is 5.26. The minimum atomic E-state index is 0.419. The first-order chi connectivity index (χ1) is 7.22. The maximum atomic E-state index is 7.02. The van der Waals surface area contributed by atoms with Crippen molar-refractivity contribution in [3.05, 3.63) is 40.7 Å². The fourth-order valence-corrected chi connectivity index (χ4v) is 1.94. The summed E-state index contributed by atoms with van der Waals surface area (Å²) in [4.78, 5) is 3.37. The lowest BCUT2D eigenvalue weighted by Gasteiger charge is -1.97. The molecule has 0 amide bonds. The second-order valence-electron chi connectivity index (χ2n) is 2.86. The third-order valence-corrected chi connectivity index (χ3v) is 2.84. The minimum absolute atomic E-state index is 0.419. The predicted molar refractivity (Wildman–Crippen MR) is 63.2 cm³/mol. The molecule has 0 atom stereocenters. The predicted octanol–water partition coefficient (Wildman–Crippen LogP) is 3.60. The number of nitrogens with two attached hydrogens (primary N) is 1. The smallest absolute Gasteiger partial charge is 0.247 e. The largest absolute Gasteiger partial charge is 0.398 e. The number of hydrogen-bond donors (Lipinski definition) is 1. The van der Waals surface area contributed by atoms with Gasteiger partial charge in [0, 0.05) is 5.02 Å². The molecular weight excluding hydrogens is 230 g/mol. The molecule has 3 nitrogen and oxygen atoms in total. The average molecular weight is 236 g/mol. The van der Waals surface area contributed by atoms with Gasteiger partial charge in [-0.05, 0) is 29.2 Å². The standard InChI is InChI=1S/C10H6ClN3S/c1-13-9-8(14-15-10(9)12)6-2-4-7(11)5-3-6/h2-5H,12H2. The number of benzene rings is 1. The molecule has 1 aromatic carbocycles. The molecule has 74 valence electrons. The Bertz CT molecular complexity index is 525. The summed E-state index contributed by atoms with van der Waals surface area (Å²) in [6, 6.07) is 7.18. The average Bonchev–Trinajstić information content (AvgIpc) is 2.61. The molecule has 0 aliphatic carbocycles. The Morgan fingerprint density at radius 1 is 1.33 bits per heavy atom. The zero-order valence-corrected chi connectivity index (χ0v) is 9.14. The van der Waals surface area contributed by atoms with Crippen molar-refractivity contribution in [3.8, 4) is 11.3 Å². The normalized spacial score (nSPS) is 9.87. The molecular formula is C10H6ClN3S. The van der Waals surface area contributed by atoms with Crippen LogP contribution >= 0.6 is 23.1 Å². The van der Waals surface area contributed by atoms with E-state index in [1.807, 2.05) is 12.1 Å². The van der Waals surface area contributed by atoms with Gasteiger partial charge in [-0.15, -0.1) is 0 Å². The van der Waals surface area contributed by atoms with Gasteiger partial charge >= 0.3 is 0 Å². The van der Waals surface area contributed by atoms with Crippen LogP contribution in [0.2, 0.25) is 5.02 Å². The molecule has 1 aromatic heterocycles. The van der Waals surface area contributed by atoms with Gasteiger partial charge in [-0.25, -0.2) is 9.22 Å². The number of halogens is 1. The highest BCUT2D eigenvalue weighted by atomic mass is 35.5. The Kier molecular flexibility index (Phi) is 2.58. The van der Waals surface area contributed by atoms with Gasteiger partial charge in [0.05, 0.1) is 12.3 Å². The highest BCUT2D eigenvalue weighted by Gasteiger charge is 2.12. The van der Waals surface area contributed by atoms with E-state index in [1.165, 1.54) is 0 Å². The number of nitrogen functional groups attached to an aromatic ring is 1. The van der Waals surface area contributed by atoms with Crippen LogP contribution in [0.3, 0.4) is 0 Å². The van der Waals surface area contributed by atoms with Gasteiger partial charge in [0.25, 0.3) is 0 Å². The van der Waals surface area contributed by atoms with Crippen molar-refractivity contribution in [2.75, 3.05) is 5.73 Å². The fourth-order valence-electron chi connectivity index (χ4n) is 1.20. The number of rotatable bonds is 1. The molecule has 0 unspecified atom stereocenters. The summed E-state index contributed by atoms with van der Waals surface area (Å²) in [7, 11) is 0. The molecule has 0 saturated heterocycles. The summed E-state index contributed by atoms with van der Waals surface area (Å²) >= 11 is 6.91. The van der Waals surface area contributed by atoms with Crippen LogP contribution in [0.1, 0.15) is 0 Å². The Labute approximate surface area is 96.1 Å². The Morgan fingerprint density at radius 2 is 2.00 bits per heavy atom. The molecule has 2 rings (SSSR count). The van der Waals surface area contributed by atoms with E-state index in [-0.39, 0.29) is 0 Å². The van der Waals surface area contributed by atoms with Crippen molar-refractivity contribution in [1.29, 1.82) is 0 Å². The second-order valence-corrected chi connectivity index (χ2v) is 4.10. The number of aromatic nitrogens is 1. The second kappa shape index (κ2) is 3.89. The quantitative estimate of drug-likeness (QED) is 0.768. The van der Waals surface area contributed by atoms with E-state index < -0.39 is 0 Å². The zero-order chi connectivity index (χ0) is 10.8. The maximum Gasteiger partial charge on any atom is 0.247 e. The van der Waals surface area contributed by atoms with Crippen LogP contribution in [0.15, 0.2) is 24.3 Å². The highest BCUT2D eigenvalue weighted by molar-refractivity contribution is 7.11. The van der Waals surface area contributed by atoms with E-state index in [0.717, 1.165) is 17.1 Å². The SMILES string of the molecule is [C-]#[N+]c1c(-c2ccc(Cl)cc2)nsc1N. The highest BCUT2D eigenvalue weighted by Crippen LogP contribution is 2.37. The molecule has 0 radical (unpaired) electrons. The molecule has 2 N–H and O–H groups in total. The number of anilines is 1. The van der Waals surface area contributed by atoms with E-state index in [0.29, 0.717) is 21.4 Å². The van der Waals surface area contributed by atoms with Crippen LogP contribution in [-0.4, -0.2) is 4.37 Å². The third-order valence-electron chi connectivity index (χ3n) is 1.92. The van der Waals surface area contributed by atoms with Gasteiger partial charge < -0.3 is 5.73 Å². The Hall–Kier alpha value is -1.57. The molecule has 0 fully saturated rings. The van der Waals surface area contributed by atoms with Gasteiger partial charge in [0.1, 0.15) is 5.00 Å². The first-order valence-electron chi connectivity index (χ1n) is 4.11. The first kappa shape index (κ1) is 9.97. The van der Waals surface area contributed by atoms with E-state index in [1.54, 1.807) is 12.1 Å². The molecule has 0 bridgehead atoms. The molecule has 0 aliphatic rings. The summed E-state index contributed by atoms with van der Waals surface area (Å²) in [5, 5.41) is 1.11. The summed E-state index contributed by atoms with van der Waals surface area (Å²) in [5.74, 6) is 0. The number of nitrogens with zero attached hydrogens (tertiary/aromatic N) is 2. The van der Waals surface area contributed by atoms with Crippen molar-refractivity contribution in [2.45, 2.75) is 0 Å². The summed E-state index contributed by atoms with van der Waals surface area (Å²) < 4.78 is 4.15. The van der Waals surface area contributed by atoms with Gasteiger partial charge in [-0.1, -0.05) is 23.7 Å². The van der Waals surface area contributed by atoms with Gasteiger partial charge in [0.2, 0.25) is 5.69 Å². The van der Waals surface area contributed by atoms with Crippen LogP contribution in [0.4, 0.5) is 10.7 Å². The lowest BCUT2D eigenvalue weighted by Crippen LogP contribution is -1.79. The van der Waals surface area contributed by atoms with Crippen LogP contribution in [0.5, 0.6) is 0 Å². The molecule has 0 saturated carbocycles. The fraction of sp³-hybridized carbons (Fsp3) is 0. The van der Waals surface area contributed by atoms with Crippen molar-refractivity contribution in [3.63, 3.8) is 0 Å². The zero-order valence-electron chi connectivity index (χ0n) is 7.57. The summed E-state index contributed by atoms with van der Waals surface area (Å²) in [6.45, 7) is 7.02. The van der Waals surface area contributed by atoms with Crippen LogP contribution in [0.25, 0.3) is 16.1 Å². The summed E-state index contributed by atoms with van der Waals surface area (Å²) in [5.41, 5.74) is 7.54. The van der Waals surface area contributed by atoms with Gasteiger partial charge in [-0.3, -0.25) is 0 Å².